The molecule has 0 aliphatic carbocycles. The molecule has 0 radical (unpaired) electrons. The van der Waals surface area contributed by atoms with Gasteiger partial charge in [0.25, 0.3) is 0 Å². The molecule has 0 bridgehead atoms. The van der Waals surface area contributed by atoms with Gasteiger partial charge in [-0.2, -0.15) is 4.98 Å². The lowest BCUT2D eigenvalue weighted by molar-refractivity contribution is 0.116. The molecule has 5 heteroatoms. The van der Waals surface area contributed by atoms with Crippen molar-refractivity contribution in [2.45, 2.75) is 18.6 Å². The number of hydrogen-bond donors (Lipinski definition) is 1. The molecule has 1 saturated heterocycles. The van der Waals surface area contributed by atoms with Crippen LogP contribution in [-0.2, 0) is 4.74 Å². The topological polar surface area (TPSA) is 60.2 Å². The molecule has 1 N–H and O–H groups in total. The normalized spacial score (nSPS) is 29.4. The molecule has 2 atom stereocenters. The summed E-state index contributed by atoms with van der Waals surface area (Å²) in [5, 5.41) is 6.79. The zero-order valence-corrected chi connectivity index (χ0v) is 6.86. The lowest BCUT2D eigenvalue weighted by Gasteiger charge is -2.03. The number of rotatable bonds is 2. The van der Waals surface area contributed by atoms with Crippen LogP contribution in [-0.4, -0.2) is 29.9 Å². The Hall–Kier alpha value is -0.940. The van der Waals surface area contributed by atoms with Crippen LogP contribution in [0, 0.1) is 0 Å². The minimum absolute atomic E-state index is 0.164. The number of methoxy groups -OCH3 is 1. The van der Waals surface area contributed by atoms with E-state index in [9.17, 15) is 0 Å². The second kappa shape index (κ2) is 3.20. The molecule has 1 aliphatic heterocycles. The Bertz CT molecular complexity index is 237. The molecule has 0 spiro atoms. The fourth-order valence-corrected chi connectivity index (χ4v) is 1.41. The maximum Gasteiger partial charge on any atom is 0.243 e. The third kappa shape index (κ3) is 1.33. The highest BCUT2D eigenvalue weighted by molar-refractivity contribution is 4.94. The highest BCUT2D eigenvalue weighted by Crippen LogP contribution is 2.22. The number of hydrogen-bond acceptors (Lipinski definition) is 5. The summed E-state index contributed by atoms with van der Waals surface area (Å²) < 4.78 is 10.1. The number of nitrogens with zero attached hydrogens (tertiary/aromatic N) is 2. The second-order valence-electron chi connectivity index (χ2n) is 2.83. The van der Waals surface area contributed by atoms with Gasteiger partial charge in [0.1, 0.15) is 0 Å². The van der Waals surface area contributed by atoms with Gasteiger partial charge in [0.05, 0.1) is 12.1 Å². The van der Waals surface area contributed by atoms with Gasteiger partial charge in [-0.05, 0) is 6.42 Å². The summed E-state index contributed by atoms with van der Waals surface area (Å²) in [4.78, 5) is 3.97. The first kappa shape index (κ1) is 7.70. The Kier molecular flexibility index (Phi) is 2.05. The molecule has 2 unspecified atom stereocenters. The van der Waals surface area contributed by atoms with E-state index in [4.69, 9.17) is 9.26 Å². The Morgan fingerprint density at radius 3 is 3.25 bits per heavy atom. The van der Waals surface area contributed by atoms with E-state index in [1.165, 1.54) is 6.33 Å². The molecular weight excluding hydrogens is 158 g/mol. The van der Waals surface area contributed by atoms with Crippen molar-refractivity contribution in [3.63, 3.8) is 0 Å². The van der Waals surface area contributed by atoms with Gasteiger partial charge in [-0.25, -0.2) is 0 Å². The molecule has 1 aromatic heterocycles. The van der Waals surface area contributed by atoms with Crippen molar-refractivity contribution in [2.75, 3.05) is 13.7 Å². The molecule has 1 aliphatic rings. The van der Waals surface area contributed by atoms with Gasteiger partial charge in [-0.1, -0.05) is 5.16 Å². The molecule has 66 valence electrons. The van der Waals surface area contributed by atoms with Crippen molar-refractivity contribution in [2.24, 2.45) is 0 Å². The number of aromatic nitrogens is 2. The zero-order chi connectivity index (χ0) is 8.39. The molecule has 0 amide bonds. The molecule has 1 fully saturated rings. The van der Waals surface area contributed by atoms with Crippen LogP contribution in [0.1, 0.15) is 18.4 Å². The van der Waals surface area contributed by atoms with E-state index < -0.39 is 0 Å². The number of ether oxygens (including phenoxy) is 1. The predicted molar refractivity (Wildman–Crippen MR) is 40.5 cm³/mol. The minimum atomic E-state index is 0.164. The van der Waals surface area contributed by atoms with Crippen LogP contribution in [0.5, 0.6) is 0 Å². The first-order valence-corrected chi connectivity index (χ1v) is 3.93. The van der Waals surface area contributed by atoms with Crippen LogP contribution in [0.3, 0.4) is 0 Å². The Balaban J connectivity index is 2.00. The zero-order valence-electron chi connectivity index (χ0n) is 6.86. The van der Waals surface area contributed by atoms with E-state index in [1.807, 2.05) is 0 Å². The lowest BCUT2D eigenvalue weighted by Crippen LogP contribution is -2.16. The Morgan fingerprint density at radius 2 is 2.67 bits per heavy atom. The highest BCUT2D eigenvalue weighted by atomic mass is 16.5. The first-order chi connectivity index (χ1) is 5.90. The van der Waals surface area contributed by atoms with Crippen molar-refractivity contribution < 1.29 is 9.26 Å². The summed E-state index contributed by atoms with van der Waals surface area (Å²) in [6.07, 6.45) is 2.58. The number of nitrogens with one attached hydrogen (secondary N) is 1. The summed E-state index contributed by atoms with van der Waals surface area (Å²) in [6, 6.07) is 0.164. The quantitative estimate of drug-likeness (QED) is 0.681. The molecule has 2 rings (SSSR count). The molecule has 2 heterocycles. The third-order valence-corrected chi connectivity index (χ3v) is 2.10. The van der Waals surface area contributed by atoms with Crippen molar-refractivity contribution >= 4 is 0 Å². The van der Waals surface area contributed by atoms with E-state index in [-0.39, 0.29) is 12.1 Å². The summed E-state index contributed by atoms with van der Waals surface area (Å²) in [7, 11) is 1.71. The van der Waals surface area contributed by atoms with Crippen molar-refractivity contribution in [3.8, 4) is 0 Å². The van der Waals surface area contributed by atoms with Crippen LogP contribution >= 0.6 is 0 Å². The fraction of sp³-hybridized carbons (Fsp3) is 0.714. The van der Waals surface area contributed by atoms with E-state index in [0.717, 1.165) is 13.0 Å². The molecule has 12 heavy (non-hydrogen) atoms. The van der Waals surface area contributed by atoms with Gasteiger partial charge in [0.15, 0.2) is 6.33 Å². The monoisotopic (exact) mass is 169 g/mol. The minimum Gasteiger partial charge on any atom is -0.380 e. The van der Waals surface area contributed by atoms with E-state index in [1.54, 1.807) is 7.11 Å². The largest absolute Gasteiger partial charge is 0.380 e. The molecule has 0 saturated carbocycles. The van der Waals surface area contributed by atoms with Crippen molar-refractivity contribution in [1.29, 1.82) is 0 Å². The van der Waals surface area contributed by atoms with Gasteiger partial charge in [0, 0.05) is 13.7 Å². The summed E-state index contributed by atoms with van der Waals surface area (Å²) in [5.41, 5.74) is 0. The standard InChI is InChI=1S/C7H11N3O2/c1-11-5-2-6(8-3-5)7-9-4-10-12-7/h4-6,8H,2-3H2,1H3. The van der Waals surface area contributed by atoms with Gasteiger partial charge < -0.3 is 14.6 Å². The summed E-state index contributed by atoms with van der Waals surface area (Å²) >= 11 is 0. The SMILES string of the molecule is COC1CNC(c2ncno2)C1. The van der Waals surface area contributed by atoms with Gasteiger partial charge in [0.2, 0.25) is 5.89 Å². The lowest BCUT2D eigenvalue weighted by atomic mass is 10.2. The fourth-order valence-electron chi connectivity index (χ4n) is 1.41. The van der Waals surface area contributed by atoms with E-state index in [0.29, 0.717) is 5.89 Å². The predicted octanol–water partition coefficient (Wildman–Crippen LogP) is 0.119. The van der Waals surface area contributed by atoms with Crippen LogP contribution in [0.15, 0.2) is 10.9 Å². The summed E-state index contributed by atoms with van der Waals surface area (Å²) in [5.74, 6) is 0.648. The van der Waals surface area contributed by atoms with E-state index >= 15 is 0 Å². The van der Waals surface area contributed by atoms with Gasteiger partial charge in [-0.3, -0.25) is 0 Å². The van der Waals surface area contributed by atoms with Crippen LogP contribution in [0.4, 0.5) is 0 Å². The van der Waals surface area contributed by atoms with Crippen molar-refractivity contribution in [1.82, 2.24) is 15.5 Å². The van der Waals surface area contributed by atoms with Gasteiger partial charge >= 0.3 is 0 Å². The van der Waals surface area contributed by atoms with Crippen LogP contribution in [0.25, 0.3) is 0 Å². The Morgan fingerprint density at radius 1 is 1.75 bits per heavy atom. The molecule has 5 nitrogen and oxygen atoms in total. The molecular formula is C7H11N3O2. The smallest absolute Gasteiger partial charge is 0.243 e. The second-order valence-corrected chi connectivity index (χ2v) is 2.83. The summed E-state index contributed by atoms with van der Waals surface area (Å²) in [6.45, 7) is 0.851. The molecule has 1 aromatic rings. The average Bonchev–Trinajstić information content (AvgIpc) is 2.75. The molecule has 0 aromatic carbocycles. The van der Waals surface area contributed by atoms with E-state index in [2.05, 4.69) is 15.5 Å². The highest BCUT2D eigenvalue weighted by Gasteiger charge is 2.28. The maximum atomic E-state index is 5.19. The van der Waals surface area contributed by atoms with Crippen LogP contribution < -0.4 is 5.32 Å². The van der Waals surface area contributed by atoms with Crippen molar-refractivity contribution in [3.05, 3.63) is 12.2 Å². The maximum absolute atomic E-state index is 5.19. The third-order valence-electron chi connectivity index (χ3n) is 2.10. The average molecular weight is 169 g/mol. The Labute approximate surface area is 70.1 Å². The van der Waals surface area contributed by atoms with Gasteiger partial charge in [-0.15, -0.1) is 0 Å². The first-order valence-electron chi connectivity index (χ1n) is 3.93. The van der Waals surface area contributed by atoms with Crippen LogP contribution in [0.2, 0.25) is 0 Å².